The highest BCUT2D eigenvalue weighted by Crippen LogP contribution is 2.25. The predicted molar refractivity (Wildman–Crippen MR) is 137 cm³/mol. The highest BCUT2D eigenvalue weighted by molar-refractivity contribution is 14.0. The van der Waals surface area contributed by atoms with Gasteiger partial charge in [0.05, 0.1) is 12.7 Å². The molecule has 2 N–H and O–H groups in total. The Morgan fingerprint density at radius 1 is 1.10 bits per heavy atom. The Morgan fingerprint density at radius 2 is 1.81 bits per heavy atom. The maximum absolute atomic E-state index is 5.91. The van der Waals surface area contributed by atoms with Gasteiger partial charge in [-0.15, -0.1) is 24.0 Å². The van der Waals surface area contributed by atoms with Crippen molar-refractivity contribution in [3.63, 3.8) is 0 Å². The maximum atomic E-state index is 5.91. The molecule has 170 valence electrons. The minimum Gasteiger partial charge on any atom is -0.439 e. The molecule has 1 aromatic carbocycles. The molecule has 31 heavy (non-hydrogen) atoms. The number of hydrogen-bond donors (Lipinski definition) is 2. The number of aliphatic imine (C=N–C) groups is 1. The molecule has 2 heterocycles. The topological polar surface area (TPSA) is 65.7 Å². The predicted octanol–water partition coefficient (Wildman–Crippen LogP) is 4.73. The SMILES string of the molecule is CN=C(NCc1ncc(-c2ccc(C)cc2)o1)NC1CCN(C2CCCCC2)CC1.I. The molecule has 6 nitrogen and oxygen atoms in total. The Balaban J connectivity index is 0.00000272. The third kappa shape index (κ3) is 6.68. The van der Waals surface area contributed by atoms with Gasteiger partial charge < -0.3 is 20.0 Å². The first-order valence-electron chi connectivity index (χ1n) is 11.4. The summed E-state index contributed by atoms with van der Waals surface area (Å²) in [5.41, 5.74) is 2.28. The van der Waals surface area contributed by atoms with Gasteiger partial charge in [-0.1, -0.05) is 49.1 Å². The van der Waals surface area contributed by atoms with Gasteiger partial charge in [-0.05, 0) is 32.6 Å². The molecular formula is C24H36IN5O. The number of oxazole rings is 1. The zero-order valence-electron chi connectivity index (χ0n) is 18.8. The zero-order valence-corrected chi connectivity index (χ0v) is 21.1. The second-order valence-electron chi connectivity index (χ2n) is 8.66. The molecule has 0 spiro atoms. The van der Waals surface area contributed by atoms with E-state index in [0.717, 1.165) is 23.3 Å². The molecule has 0 amide bonds. The summed E-state index contributed by atoms with van der Waals surface area (Å²) in [5.74, 6) is 2.28. The summed E-state index contributed by atoms with van der Waals surface area (Å²) < 4.78 is 5.91. The minimum absolute atomic E-state index is 0. The number of nitrogens with one attached hydrogen (secondary N) is 2. The zero-order chi connectivity index (χ0) is 20.8. The standard InChI is InChI=1S/C24H35N5O.HI/c1-18-8-10-19(11-9-18)22-16-26-23(30-22)17-27-24(25-2)28-20-12-14-29(15-13-20)21-6-4-3-5-7-21;/h8-11,16,20-21H,3-7,12-15,17H2,1-2H3,(H2,25,27,28);1H. The van der Waals surface area contributed by atoms with Gasteiger partial charge in [0.2, 0.25) is 5.89 Å². The molecule has 2 aromatic rings. The van der Waals surface area contributed by atoms with Gasteiger partial charge in [-0.3, -0.25) is 4.99 Å². The third-order valence-electron chi connectivity index (χ3n) is 6.48. The fourth-order valence-corrected chi connectivity index (χ4v) is 4.65. The lowest BCUT2D eigenvalue weighted by Gasteiger charge is -2.39. The van der Waals surface area contributed by atoms with Crippen molar-refractivity contribution in [2.45, 2.75) is 70.5 Å². The van der Waals surface area contributed by atoms with E-state index < -0.39 is 0 Å². The van der Waals surface area contributed by atoms with Crippen LogP contribution in [0.15, 0.2) is 39.9 Å². The summed E-state index contributed by atoms with van der Waals surface area (Å²) in [6, 6.07) is 9.59. The molecule has 1 aromatic heterocycles. The van der Waals surface area contributed by atoms with Crippen LogP contribution in [0.25, 0.3) is 11.3 Å². The molecular weight excluding hydrogens is 501 g/mol. The highest BCUT2D eigenvalue weighted by Gasteiger charge is 2.26. The van der Waals surface area contributed by atoms with E-state index in [0.29, 0.717) is 18.5 Å². The van der Waals surface area contributed by atoms with Crippen molar-refractivity contribution in [3.05, 3.63) is 41.9 Å². The third-order valence-corrected chi connectivity index (χ3v) is 6.48. The van der Waals surface area contributed by atoms with Crippen LogP contribution in [-0.2, 0) is 6.54 Å². The number of likely N-dealkylation sites (tertiary alicyclic amines) is 1. The smallest absolute Gasteiger partial charge is 0.214 e. The summed E-state index contributed by atoms with van der Waals surface area (Å²) in [7, 11) is 1.82. The minimum atomic E-state index is 0. The van der Waals surface area contributed by atoms with E-state index in [1.54, 1.807) is 6.20 Å². The molecule has 0 bridgehead atoms. The summed E-state index contributed by atoms with van der Waals surface area (Å²) >= 11 is 0. The van der Waals surface area contributed by atoms with Crippen molar-refractivity contribution in [2.75, 3.05) is 20.1 Å². The summed E-state index contributed by atoms with van der Waals surface area (Å²) in [6.45, 7) is 4.99. The van der Waals surface area contributed by atoms with Crippen LogP contribution in [0.4, 0.5) is 0 Å². The van der Waals surface area contributed by atoms with Gasteiger partial charge in [-0.25, -0.2) is 4.98 Å². The highest BCUT2D eigenvalue weighted by atomic mass is 127. The number of guanidine groups is 1. The monoisotopic (exact) mass is 537 g/mol. The largest absolute Gasteiger partial charge is 0.439 e. The van der Waals surface area contributed by atoms with Gasteiger partial charge in [0.25, 0.3) is 0 Å². The number of nitrogens with zero attached hydrogens (tertiary/aromatic N) is 3. The fraction of sp³-hybridized carbons (Fsp3) is 0.583. The van der Waals surface area contributed by atoms with Crippen molar-refractivity contribution < 1.29 is 4.42 Å². The lowest BCUT2D eigenvalue weighted by atomic mass is 9.92. The average molecular weight is 537 g/mol. The molecule has 1 aliphatic carbocycles. The first kappa shape index (κ1) is 24.0. The van der Waals surface area contributed by atoms with E-state index in [2.05, 4.69) is 56.7 Å². The van der Waals surface area contributed by atoms with Crippen LogP contribution >= 0.6 is 24.0 Å². The molecule has 1 saturated heterocycles. The van der Waals surface area contributed by atoms with Crippen molar-refractivity contribution in [1.29, 1.82) is 0 Å². The quantitative estimate of drug-likeness (QED) is 0.328. The van der Waals surface area contributed by atoms with E-state index in [9.17, 15) is 0 Å². The van der Waals surface area contributed by atoms with E-state index >= 15 is 0 Å². The Morgan fingerprint density at radius 3 is 2.48 bits per heavy atom. The molecule has 2 aliphatic rings. The van der Waals surface area contributed by atoms with Crippen LogP contribution in [0.2, 0.25) is 0 Å². The summed E-state index contributed by atoms with van der Waals surface area (Å²) in [6.07, 6.45) is 11.2. The van der Waals surface area contributed by atoms with Crippen LogP contribution in [0.5, 0.6) is 0 Å². The Labute approximate surface area is 203 Å². The average Bonchev–Trinajstić information content (AvgIpc) is 3.27. The van der Waals surface area contributed by atoms with Gasteiger partial charge in [0, 0.05) is 37.8 Å². The number of aryl methyl sites for hydroxylation is 1. The van der Waals surface area contributed by atoms with E-state index in [4.69, 9.17) is 4.42 Å². The van der Waals surface area contributed by atoms with Crippen molar-refractivity contribution in [2.24, 2.45) is 4.99 Å². The molecule has 7 heteroatoms. The van der Waals surface area contributed by atoms with Gasteiger partial charge >= 0.3 is 0 Å². The molecule has 0 atom stereocenters. The van der Waals surface area contributed by atoms with Crippen LogP contribution in [0, 0.1) is 6.92 Å². The number of halogens is 1. The molecule has 2 fully saturated rings. The van der Waals surface area contributed by atoms with Crippen LogP contribution in [0.3, 0.4) is 0 Å². The van der Waals surface area contributed by atoms with E-state index in [1.807, 2.05) is 7.05 Å². The van der Waals surface area contributed by atoms with Crippen LogP contribution in [0.1, 0.15) is 56.4 Å². The summed E-state index contributed by atoms with van der Waals surface area (Å²) in [4.78, 5) is 11.5. The van der Waals surface area contributed by atoms with E-state index in [1.165, 1.54) is 63.6 Å². The molecule has 1 aliphatic heterocycles. The molecule has 0 unspecified atom stereocenters. The van der Waals surface area contributed by atoms with Crippen molar-refractivity contribution >= 4 is 29.9 Å². The van der Waals surface area contributed by atoms with Gasteiger partial charge in [0.15, 0.2) is 11.7 Å². The number of piperidine rings is 1. The second kappa shape index (κ2) is 11.9. The fourth-order valence-electron chi connectivity index (χ4n) is 4.65. The number of benzene rings is 1. The molecule has 0 radical (unpaired) electrons. The number of rotatable bonds is 5. The van der Waals surface area contributed by atoms with Crippen LogP contribution in [-0.4, -0.2) is 48.1 Å². The molecule has 1 saturated carbocycles. The first-order chi connectivity index (χ1) is 14.7. The van der Waals surface area contributed by atoms with E-state index in [-0.39, 0.29) is 24.0 Å². The first-order valence-corrected chi connectivity index (χ1v) is 11.4. The Bertz CT molecular complexity index is 821. The molecule has 4 rings (SSSR count). The second-order valence-corrected chi connectivity index (χ2v) is 8.66. The number of aromatic nitrogens is 1. The van der Waals surface area contributed by atoms with Gasteiger partial charge in [-0.2, -0.15) is 0 Å². The maximum Gasteiger partial charge on any atom is 0.214 e. The summed E-state index contributed by atoms with van der Waals surface area (Å²) in [5, 5.41) is 6.94. The normalized spacial score (nSPS) is 19.1. The van der Waals surface area contributed by atoms with Crippen molar-refractivity contribution in [1.82, 2.24) is 20.5 Å². The number of hydrogen-bond acceptors (Lipinski definition) is 4. The lowest BCUT2D eigenvalue weighted by Crippen LogP contribution is -2.50. The Hall–Kier alpha value is -1.61. The van der Waals surface area contributed by atoms with Gasteiger partial charge in [0.1, 0.15) is 0 Å². The van der Waals surface area contributed by atoms with Crippen molar-refractivity contribution in [3.8, 4) is 11.3 Å². The lowest BCUT2D eigenvalue weighted by molar-refractivity contribution is 0.119. The Kier molecular flexibility index (Phi) is 9.19. The van der Waals surface area contributed by atoms with Crippen LogP contribution < -0.4 is 10.6 Å².